The van der Waals surface area contributed by atoms with Crippen molar-refractivity contribution in [1.82, 2.24) is 15.5 Å². The number of aromatic nitrogens is 2. The Kier molecular flexibility index (Phi) is 4.35. The zero-order chi connectivity index (χ0) is 13.0. The molecule has 18 heavy (non-hydrogen) atoms. The summed E-state index contributed by atoms with van der Waals surface area (Å²) in [6.07, 6.45) is 2.76. The number of rotatable bonds is 5. The van der Waals surface area contributed by atoms with Crippen LogP contribution in [0.1, 0.15) is 38.9 Å². The van der Waals surface area contributed by atoms with Crippen LogP contribution in [0, 0.1) is 5.92 Å². The van der Waals surface area contributed by atoms with Crippen molar-refractivity contribution in [3.63, 3.8) is 0 Å². The third-order valence-electron chi connectivity index (χ3n) is 3.00. The maximum atomic E-state index is 5.34. The summed E-state index contributed by atoms with van der Waals surface area (Å²) in [5, 5.41) is 7.43. The van der Waals surface area contributed by atoms with E-state index in [9.17, 15) is 0 Å². The summed E-state index contributed by atoms with van der Waals surface area (Å²) in [6, 6.07) is 0. The van der Waals surface area contributed by atoms with Crippen LogP contribution in [0.4, 0.5) is 0 Å². The van der Waals surface area contributed by atoms with Crippen LogP contribution in [0.25, 0.3) is 0 Å². The predicted octanol–water partition coefficient (Wildman–Crippen LogP) is 1.58. The van der Waals surface area contributed by atoms with Crippen LogP contribution >= 0.6 is 0 Å². The van der Waals surface area contributed by atoms with Crippen molar-refractivity contribution >= 4 is 0 Å². The fourth-order valence-corrected chi connectivity index (χ4v) is 2.02. The molecule has 1 saturated heterocycles. The van der Waals surface area contributed by atoms with Crippen LogP contribution in [-0.2, 0) is 17.6 Å². The maximum Gasteiger partial charge on any atom is 0.227 e. The van der Waals surface area contributed by atoms with Gasteiger partial charge in [-0.15, -0.1) is 0 Å². The van der Waals surface area contributed by atoms with Crippen molar-refractivity contribution in [3.8, 4) is 0 Å². The first-order valence-electron chi connectivity index (χ1n) is 6.67. The van der Waals surface area contributed by atoms with Crippen molar-refractivity contribution in [2.75, 3.05) is 19.8 Å². The highest BCUT2D eigenvalue weighted by Crippen LogP contribution is 2.16. The van der Waals surface area contributed by atoms with E-state index in [4.69, 9.17) is 9.26 Å². The molecule has 0 aliphatic carbocycles. The number of nitrogens with one attached hydrogen (secondary N) is 1. The molecule has 0 radical (unpaired) electrons. The van der Waals surface area contributed by atoms with Gasteiger partial charge in [0.2, 0.25) is 5.89 Å². The molecule has 0 spiro atoms. The lowest BCUT2D eigenvalue weighted by atomic mass is 10.1. The lowest BCUT2D eigenvalue weighted by Gasteiger charge is -2.19. The Balaban J connectivity index is 1.75. The fraction of sp³-hybridized carbons (Fsp3) is 0.846. The zero-order valence-corrected chi connectivity index (χ0v) is 11.5. The molecule has 2 heterocycles. The summed E-state index contributed by atoms with van der Waals surface area (Å²) in [5.41, 5.74) is 0.129. The first-order chi connectivity index (χ1) is 8.53. The van der Waals surface area contributed by atoms with Gasteiger partial charge < -0.3 is 14.6 Å². The SMILES string of the molecule is CC(C)(C)NCCc1nc(CC2CCOC2)no1. The van der Waals surface area contributed by atoms with Gasteiger partial charge in [-0.3, -0.25) is 0 Å². The van der Waals surface area contributed by atoms with Crippen LogP contribution in [-0.4, -0.2) is 35.4 Å². The third-order valence-corrected chi connectivity index (χ3v) is 3.00. The largest absolute Gasteiger partial charge is 0.381 e. The monoisotopic (exact) mass is 253 g/mol. The van der Waals surface area contributed by atoms with E-state index in [0.717, 1.165) is 50.7 Å². The smallest absolute Gasteiger partial charge is 0.227 e. The molecule has 0 amide bonds. The standard InChI is InChI=1S/C13H23N3O2/c1-13(2,3)14-6-4-12-15-11(16-18-12)8-10-5-7-17-9-10/h10,14H,4-9H2,1-3H3. The van der Waals surface area contributed by atoms with E-state index >= 15 is 0 Å². The van der Waals surface area contributed by atoms with Crippen LogP contribution < -0.4 is 5.32 Å². The molecule has 0 bridgehead atoms. The summed E-state index contributed by atoms with van der Waals surface area (Å²) >= 11 is 0. The molecule has 1 aliphatic rings. The summed E-state index contributed by atoms with van der Waals surface area (Å²) in [6.45, 7) is 8.99. The maximum absolute atomic E-state index is 5.34. The topological polar surface area (TPSA) is 60.2 Å². The lowest BCUT2D eigenvalue weighted by Crippen LogP contribution is -2.37. The van der Waals surface area contributed by atoms with Gasteiger partial charge in [-0.2, -0.15) is 4.98 Å². The molecule has 1 fully saturated rings. The normalized spacial score (nSPS) is 20.5. The van der Waals surface area contributed by atoms with Crippen LogP contribution in [0.2, 0.25) is 0 Å². The quantitative estimate of drug-likeness (QED) is 0.863. The van der Waals surface area contributed by atoms with Gasteiger partial charge in [-0.05, 0) is 33.1 Å². The van der Waals surface area contributed by atoms with Crippen LogP contribution in [0.5, 0.6) is 0 Å². The molecular formula is C13H23N3O2. The molecule has 1 atom stereocenters. The van der Waals surface area contributed by atoms with Crippen molar-refractivity contribution in [3.05, 3.63) is 11.7 Å². The Bertz CT molecular complexity index is 365. The Morgan fingerprint density at radius 1 is 1.39 bits per heavy atom. The summed E-state index contributed by atoms with van der Waals surface area (Å²) in [4.78, 5) is 4.42. The van der Waals surface area contributed by atoms with E-state index in [1.54, 1.807) is 0 Å². The van der Waals surface area contributed by atoms with Gasteiger partial charge in [0.05, 0.1) is 0 Å². The molecule has 102 valence electrons. The molecule has 0 aromatic carbocycles. The Labute approximate surface area is 108 Å². The highest BCUT2D eigenvalue weighted by molar-refractivity contribution is 4.90. The van der Waals surface area contributed by atoms with E-state index in [-0.39, 0.29) is 5.54 Å². The van der Waals surface area contributed by atoms with Gasteiger partial charge in [0.25, 0.3) is 0 Å². The average Bonchev–Trinajstić information content (AvgIpc) is 2.89. The number of nitrogens with zero attached hydrogens (tertiary/aromatic N) is 2. The lowest BCUT2D eigenvalue weighted by molar-refractivity contribution is 0.185. The summed E-state index contributed by atoms with van der Waals surface area (Å²) < 4.78 is 10.6. The van der Waals surface area contributed by atoms with Crippen molar-refractivity contribution in [2.24, 2.45) is 5.92 Å². The Hall–Kier alpha value is -0.940. The van der Waals surface area contributed by atoms with E-state index in [2.05, 4.69) is 36.2 Å². The van der Waals surface area contributed by atoms with Gasteiger partial charge in [-0.1, -0.05) is 5.16 Å². The molecule has 1 aromatic rings. The first kappa shape index (κ1) is 13.5. The van der Waals surface area contributed by atoms with Gasteiger partial charge in [-0.25, -0.2) is 0 Å². The van der Waals surface area contributed by atoms with Crippen molar-refractivity contribution < 1.29 is 9.26 Å². The minimum atomic E-state index is 0.129. The number of hydrogen-bond donors (Lipinski definition) is 1. The molecule has 5 heteroatoms. The van der Waals surface area contributed by atoms with Gasteiger partial charge >= 0.3 is 0 Å². The van der Waals surface area contributed by atoms with E-state index in [1.165, 1.54) is 0 Å². The van der Waals surface area contributed by atoms with Crippen LogP contribution in [0.15, 0.2) is 4.52 Å². The molecule has 2 rings (SSSR count). The van der Waals surface area contributed by atoms with Crippen LogP contribution in [0.3, 0.4) is 0 Å². The Morgan fingerprint density at radius 3 is 2.89 bits per heavy atom. The molecular weight excluding hydrogens is 230 g/mol. The van der Waals surface area contributed by atoms with Crippen molar-refractivity contribution in [1.29, 1.82) is 0 Å². The molecule has 0 saturated carbocycles. The summed E-state index contributed by atoms with van der Waals surface area (Å²) in [5.74, 6) is 2.10. The second-order valence-electron chi connectivity index (χ2n) is 5.96. The zero-order valence-electron chi connectivity index (χ0n) is 11.5. The van der Waals surface area contributed by atoms with E-state index in [0.29, 0.717) is 5.92 Å². The number of hydrogen-bond acceptors (Lipinski definition) is 5. The van der Waals surface area contributed by atoms with E-state index in [1.807, 2.05) is 0 Å². The summed E-state index contributed by atoms with van der Waals surface area (Å²) in [7, 11) is 0. The highest BCUT2D eigenvalue weighted by Gasteiger charge is 2.19. The molecule has 1 aromatic heterocycles. The second kappa shape index (κ2) is 5.80. The molecule has 1 aliphatic heterocycles. The molecule has 1 N–H and O–H groups in total. The van der Waals surface area contributed by atoms with Crippen molar-refractivity contribution in [2.45, 2.75) is 45.6 Å². The van der Waals surface area contributed by atoms with Gasteiger partial charge in [0.1, 0.15) is 0 Å². The first-order valence-corrected chi connectivity index (χ1v) is 6.67. The Morgan fingerprint density at radius 2 is 2.22 bits per heavy atom. The minimum Gasteiger partial charge on any atom is -0.381 e. The third kappa shape index (κ3) is 4.38. The number of ether oxygens (including phenoxy) is 1. The van der Waals surface area contributed by atoms with E-state index < -0.39 is 0 Å². The second-order valence-corrected chi connectivity index (χ2v) is 5.96. The molecule has 5 nitrogen and oxygen atoms in total. The fourth-order valence-electron chi connectivity index (χ4n) is 2.02. The van der Waals surface area contributed by atoms with Gasteiger partial charge in [0, 0.05) is 38.1 Å². The average molecular weight is 253 g/mol. The highest BCUT2D eigenvalue weighted by atomic mass is 16.5. The minimum absolute atomic E-state index is 0.129. The van der Waals surface area contributed by atoms with Gasteiger partial charge in [0.15, 0.2) is 5.82 Å². The molecule has 1 unspecified atom stereocenters. The predicted molar refractivity (Wildman–Crippen MR) is 68.4 cm³/mol.